The lowest BCUT2D eigenvalue weighted by atomic mass is 10.2. The van der Waals surface area contributed by atoms with E-state index in [1.165, 1.54) is 11.3 Å². The molecular formula is C15H11F3N4OS. The number of carbonyl (C=O) groups is 1. The summed E-state index contributed by atoms with van der Waals surface area (Å²) in [5.74, 6) is -0.499. The van der Waals surface area contributed by atoms with Crippen LogP contribution in [0.3, 0.4) is 0 Å². The molecule has 0 aliphatic carbocycles. The van der Waals surface area contributed by atoms with Crippen LogP contribution in [0.2, 0.25) is 0 Å². The summed E-state index contributed by atoms with van der Waals surface area (Å²) in [5.41, 5.74) is 0.599. The van der Waals surface area contributed by atoms with Gasteiger partial charge in [0.1, 0.15) is 6.54 Å². The minimum absolute atomic E-state index is 0.323. The van der Waals surface area contributed by atoms with Gasteiger partial charge in [0.15, 0.2) is 10.8 Å². The molecule has 3 aromatic rings. The van der Waals surface area contributed by atoms with Gasteiger partial charge in [-0.25, -0.2) is 4.98 Å². The van der Waals surface area contributed by atoms with Crippen LogP contribution in [0.1, 0.15) is 5.69 Å². The highest BCUT2D eigenvalue weighted by Crippen LogP contribution is 2.27. The number of thiazole rings is 1. The van der Waals surface area contributed by atoms with Crippen LogP contribution in [-0.2, 0) is 17.5 Å². The summed E-state index contributed by atoms with van der Waals surface area (Å²) in [6.07, 6.45) is -3.42. The number of alkyl halides is 3. The van der Waals surface area contributed by atoms with E-state index in [0.717, 1.165) is 22.5 Å². The van der Waals surface area contributed by atoms with E-state index in [1.807, 2.05) is 30.3 Å². The summed E-state index contributed by atoms with van der Waals surface area (Å²) >= 11 is 1.24. The van der Waals surface area contributed by atoms with Crippen molar-refractivity contribution in [2.75, 3.05) is 5.32 Å². The molecule has 0 bridgehead atoms. The fourth-order valence-electron chi connectivity index (χ4n) is 1.98. The Labute approximate surface area is 138 Å². The maximum Gasteiger partial charge on any atom is 0.435 e. The fraction of sp³-hybridized carbons (Fsp3) is 0.133. The second-order valence-corrected chi connectivity index (χ2v) is 5.71. The Morgan fingerprint density at radius 2 is 1.96 bits per heavy atom. The van der Waals surface area contributed by atoms with Gasteiger partial charge in [-0.15, -0.1) is 11.3 Å². The van der Waals surface area contributed by atoms with E-state index in [4.69, 9.17) is 0 Å². The number of nitrogens with zero attached hydrogens (tertiary/aromatic N) is 3. The zero-order valence-corrected chi connectivity index (χ0v) is 12.9. The zero-order valence-electron chi connectivity index (χ0n) is 12.1. The summed E-state index contributed by atoms with van der Waals surface area (Å²) < 4.78 is 38.3. The van der Waals surface area contributed by atoms with E-state index in [0.29, 0.717) is 10.8 Å². The van der Waals surface area contributed by atoms with Crippen molar-refractivity contribution in [1.29, 1.82) is 0 Å². The van der Waals surface area contributed by atoms with Gasteiger partial charge in [0, 0.05) is 17.1 Å². The van der Waals surface area contributed by atoms with Gasteiger partial charge in [-0.2, -0.15) is 18.3 Å². The molecule has 124 valence electrons. The van der Waals surface area contributed by atoms with Crippen molar-refractivity contribution in [2.24, 2.45) is 0 Å². The Morgan fingerprint density at radius 3 is 2.62 bits per heavy atom. The molecule has 0 spiro atoms. The Morgan fingerprint density at radius 1 is 1.21 bits per heavy atom. The van der Waals surface area contributed by atoms with Crippen LogP contribution in [0.5, 0.6) is 0 Å². The van der Waals surface area contributed by atoms with Crippen LogP contribution >= 0.6 is 11.3 Å². The average Bonchev–Trinajstić information content (AvgIpc) is 3.17. The van der Waals surface area contributed by atoms with Crippen molar-refractivity contribution in [3.63, 3.8) is 0 Å². The third-order valence-corrected chi connectivity index (χ3v) is 3.81. The molecule has 5 nitrogen and oxygen atoms in total. The number of rotatable bonds is 4. The minimum atomic E-state index is -4.53. The molecule has 0 atom stereocenters. The summed E-state index contributed by atoms with van der Waals surface area (Å²) in [4.78, 5) is 16.2. The highest BCUT2D eigenvalue weighted by Gasteiger charge is 2.33. The second kappa shape index (κ2) is 6.44. The molecule has 0 radical (unpaired) electrons. The van der Waals surface area contributed by atoms with Crippen LogP contribution in [-0.4, -0.2) is 20.7 Å². The predicted octanol–water partition coefficient (Wildman–Crippen LogP) is 3.66. The number of nitrogens with one attached hydrogen (secondary N) is 1. The van der Waals surface area contributed by atoms with E-state index < -0.39 is 17.8 Å². The zero-order chi connectivity index (χ0) is 17.2. The number of halogens is 3. The number of amides is 1. The number of hydrogen-bond donors (Lipinski definition) is 1. The second-order valence-electron chi connectivity index (χ2n) is 4.85. The average molecular weight is 352 g/mol. The maximum absolute atomic E-state index is 12.5. The van der Waals surface area contributed by atoms with Crippen molar-refractivity contribution in [2.45, 2.75) is 12.7 Å². The largest absolute Gasteiger partial charge is 0.435 e. The molecule has 0 unspecified atom stereocenters. The molecule has 0 aliphatic rings. The third kappa shape index (κ3) is 3.80. The quantitative estimate of drug-likeness (QED) is 0.779. The number of carbonyl (C=O) groups excluding carboxylic acids is 1. The van der Waals surface area contributed by atoms with Crippen molar-refractivity contribution < 1.29 is 18.0 Å². The normalized spacial score (nSPS) is 11.5. The Kier molecular flexibility index (Phi) is 4.34. The van der Waals surface area contributed by atoms with Gasteiger partial charge in [0.25, 0.3) is 0 Å². The number of anilines is 1. The summed E-state index contributed by atoms with van der Waals surface area (Å²) in [6, 6.07) is 10.2. The molecule has 1 amide bonds. The van der Waals surface area contributed by atoms with Crippen LogP contribution in [0.4, 0.5) is 18.3 Å². The first-order valence-electron chi connectivity index (χ1n) is 6.83. The van der Waals surface area contributed by atoms with Gasteiger partial charge >= 0.3 is 6.18 Å². The summed E-state index contributed by atoms with van der Waals surface area (Å²) in [5, 5.41) is 8.05. The number of benzene rings is 1. The minimum Gasteiger partial charge on any atom is -0.300 e. The molecule has 2 heterocycles. The van der Waals surface area contributed by atoms with E-state index in [-0.39, 0.29) is 6.54 Å². The lowest BCUT2D eigenvalue weighted by Gasteiger charge is -2.03. The van der Waals surface area contributed by atoms with Gasteiger partial charge in [-0.1, -0.05) is 30.3 Å². The van der Waals surface area contributed by atoms with Gasteiger partial charge in [0.05, 0.1) is 5.69 Å². The van der Waals surface area contributed by atoms with E-state index in [9.17, 15) is 18.0 Å². The third-order valence-electron chi connectivity index (χ3n) is 3.06. The first kappa shape index (κ1) is 16.2. The van der Waals surface area contributed by atoms with Crippen LogP contribution < -0.4 is 5.32 Å². The van der Waals surface area contributed by atoms with Crippen molar-refractivity contribution >= 4 is 22.4 Å². The predicted molar refractivity (Wildman–Crippen MR) is 83.4 cm³/mol. The van der Waals surface area contributed by atoms with Crippen LogP contribution in [0, 0.1) is 0 Å². The topological polar surface area (TPSA) is 59.8 Å². The highest BCUT2D eigenvalue weighted by molar-refractivity contribution is 7.14. The lowest BCUT2D eigenvalue weighted by Crippen LogP contribution is -2.19. The van der Waals surface area contributed by atoms with E-state index >= 15 is 0 Å². The molecular weight excluding hydrogens is 341 g/mol. The molecule has 0 saturated carbocycles. The molecule has 24 heavy (non-hydrogen) atoms. The molecule has 2 aromatic heterocycles. The lowest BCUT2D eigenvalue weighted by molar-refractivity contribution is -0.141. The summed E-state index contributed by atoms with van der Waals surface area (Å²) in [7, 11) is 0. The molecule has 9 heteroatoms. The van der Waals surface area contributed by atoms with Crippen molar-refractivity contribution in [3.05, 3.63) is 53.7 Å². The Balaban J connectivity index is 1.63. The van der Waals surface area contributed by atoms with Gasteiger partial charge in [-0.3, -0.25) is 9.48 Å². The van der Waals surface area contributed by atoms with Gasteiger partial charge < -0.3 is 5.32 Å². The fourth-order valence-corrected chi connectivity index (χ4v) is 2.72. The smallest absolute Gasteiger partial charge is 0.300 e. The van der Waals surface area contributed by atoms with Gasteiger partial charge in [-0.05, 0) is 6.07 Å². The van der Waals surface area contributed by atoms with Crippen molar-refractivity contribution in [1.82, 2.24) is 14.8 Å². The number of hydrogen-bond acceptors (Lipinski definition) is 4. The molecule has 0 aliphatic heterocycles. The SMILES string of the molecule is O=C(Cn1ccc(C(F)(F)F)n1)Nc1nc(-c2ccccc2)cs1. The monoisotopic (exact) mass is 352 g/mol. The number of aromatic nitrogens is 3. The standard InChI is InChI=1S/C15H11F3N4OS/c16-15(17,18)12-6-7-22(21-12)8-13(23)20-14-19-11(9-24-14)10-4-2-1-3-5-10/h1-7,9H,8H2,(H,19,20,23). The first-order valence-corrected chi connectivity index (χ1v) is 7.71. The van der Waals surface area contributed by atoms with Crippen LogP contribution in [0.25, 0.3) is 11.3 Å². The maximum atomic E-state index is 12.5. The molecule has 3 rings (SSSR count). The Hall–Kier alpha value is -2.68. The Bertz CT molecular complexity index is 842. The highest BCUT2D eigenvalue weighted by atomic mass is 32.1. The summed E-state index contributed by atoms with van der Waals surface area (Å²) in [6.45, 7) is -0.323. The van der Waals surface area contributed by atoms with Gasteiger partial charge in [0.2, 0.25) is 5.91 Å². The molecule has 1 aromatic carbocycles. The molecule has 0 fully saturated rings. The first-order chi connectivity index (χ1) is 11.4. The van der Waals surface area contributed by atoms with E-state index in [2.05, 4.69) is 15.4 Å². The van der Waals surface area contributed by atoms with Crippen LogP contribution in [0.15, 0.2) is 48.0 Å². The molecule has 0 saturated heterocycles. The van der Waals surface area contributed by atoms with Crippen molar-refractivity contribution in [3.8, 4) is 11.3 Å². The molecule has 1 N–H and O–H groups in total. The van der Waals surface area contributed by atoms with E-state index in [1.54, 1.807) is 5.38 Å².